The minimum atomic E-state index is 0.213. The Balaban J connectivity index is 1.58. The van der Waals surface area contributed by atoms with Crippen LogP contribution < -0.4 is 10.2 Å². The lowest BCUT2D eigenvalue weighted by Gasteiger charge is -2.33. The highest BCUT2D eigenvalue weighted by Crippen LogP contribution is 2.39. The molecule has 1 fully saturated rings. The predicted molar refractivity (Wildman–Crippen MR) is 89.5 cm³/mol. The van der Waals surface area contributed by atoms with Crippen LogP contribution in [0.2, 0.25) is 0 Å². The van der Waals surface area contributed by atoms with Crippen LogP contribution in [0.25, 0.3) is 0 Å². The van der Waals surface area contributed by atoms with Crippen molar-refractivity contribution in [3.8, 4) is 0 Å². The standard InChI is InChI=1S/C17H20N4S/c1-2-15-14(6-11-21(15)13-4-7-18-8-5-13)16(3-1)22-17-12-19-9-10-20-17/h1-3,9-10,12-13,18H,4-8,11H2/i9D. The van der Waals surface area contributed by atoms with Crippen LogP contribution in [0.1, 0.15) is 19.8 Å². The van der Waals surface area contributed by atoms with Gasteiger partial charge in [0.2, 0.25) is 0 Å². The van der Waals surface area contributed by atoms with Crippen LogP contribution >= 0.6 is 11.8 Å². The Morgan fingerprint density at radius 2 is 2.23 bits per heavy atom. The van der Waals surface area contributed by atoms with Crippen LogP contribution in [0.4, 0.5) is 5.69 Å². The fraction of sp³-hybridized carbons (Fsp3) is 0.412. The molecule has 0 unspecified atom stereocenters. The molecule has 4 nitrogen and oxygen atoms in total. The molecule has 0 bridgehead atoms. The second-order valence-electron chi connectivity index (χ2n) is 5.76. The molecule has 0 atom stereocenters. The quantitative estimate of drug-likeness (QED) is 0.943. The van der Waals surface area contributed by atoms with Gasteiger partial charge in [-0.3, -0.25) is 4.98 Å². The number of anilines is 1. The Labute approximate surface area is 136 Å². The second-order valence-corrected chi connectivity index (χ2v) is 6.83. The van der Waals surface area contributed by atoms with Gasteiger partial charge in [-0.25, -0.2) is 4.98 Å². The smallest absolute Gasteiger partial charge is 0.119 e. The number of benzene rings is 1. The SMILES string of the molecule is [2H]c1cnc(Sc2cccc3c2CCN3C2CCNCC2)cn1. The van der Waals surface area contributed by atoms with E-state index in [1.165, 1.54) is 35.2 Å². The fourth-order valence-corrected chi connectivity index (χ4v) is 4.35. The number of nitrogens with one attached hydrogen (secondary N) is 1. The first-order valence-corrected chi connectivity index (χ1v) is 8.68. The normalized spacial score (nSPS) is 19.1. The Kier molecular flexibility index (Phi) is 3.67. The molecule has 2 aliphatic rings. The predicted octanol–water partition coefficient (Wildman–Crippen LogP) is 2.74. The largest absolute Gasteiger partial charge is 0.368 e. The van der Waals surface area contributed by atoms with Crippen molar-refractivity contribution in [2.45, 2.75) is 35.2 Å². The van der Waals surface area contributed by atoms with Crippen LogP contribution in [-0.4, -0.2) is 35.6 Å². The zero-order valence-electron chi connectivity index (χ0n) is 13.5. The number of piperidine rings is 1. The van der Waals surface area contributed by atoms with Gasteiger partial charge in [0.15, 0.2) is 0 Å². The summed E-state index contributed by atoms with van der Waals surface area (Å²) in [5.74, 6) is 0. The van der Waals surface area contributed by atoms with Crippen molar-refractivity contribution in [1.82, 2.24) is 15.3 Å². The first kappa shape index (κ1) is 12.9. The van der Waals surface area contributed by atoms with E-state index in [-0.39, 0.29) is 6.17 Å². The van der Waals surface area contributed by atoms with Gasteiger partial charge < -0.3 is 10.2 Å². The zero-order valence-corrected chi connectivity index (χ0v) is 13.3. The van der Waals surface area contributed by atoms with Crippen LogP contribution in [0.15, 0.2) is 46.7 Å². The van der Waals surface area contributed by atoms with Crippen molar-refractivity contribution in [1.29, 1.82) is 0 Å². The van der Waals surface area contributed by atoms with Gasteiger partial charge in [-0.05, 0) is 50.0 Å². The first-order chi connectivity index (χ1) is 11.3. The van der Waals surface area contributed by atoms with Crippen molar-refractivity contribution in [3.63, 3.8) is 0 Å². The van der Waals surface area contributed by atoms with Crippen LogP contribution in [-0.2, 0) is 6.42 Å². The molecule has 1 N–H and O–H groups in total. The fourth-order valence-electron chi connectivity index (χ4n) is 3.44. The zero-order chi connectivity index (χ0) is 15.6. The maximum absolute atomic E-state index is 7.44. The molecule has 4 rings (SSSR count). The minimum absolute atomic E-state index is 0.213. The molecule has 22 heavy (non-hydrogen) atoms. The summed E-state index contributed by atoms with van der Waals surface area (Å²) in [5, 5.41) is 4.31. The van der Waals surface area contributed by atoms with Gasteiger partial charge in [0.1, 0.15) is 5.03 Å². The van der Waals surface area contributed by atoms with Crippen molar-refractivity contribution >= 4 is 17.4 Å². The lowest BCUT2D eigenvalue weighted by atomic mass is 10.0. The number of hydrogen-bond donors (Lipinski definition) is 1. The van der Waals surface area contributed by atoms with Crippen molar-refractivity contribution in [2.24, 2.45) is 0 Å². The highest BCUT2D eigenvalue weighted by Gasteiger charge is 2.28. The van der Waals surface area contributed by atoms with Crippen molar-refractivity contribution < 1.29 is 1.37 Å². The number of fused-ring (bicyclic) bond motifs is 1. The van der Waals surface area contributed by atoms with Gasteiger partial charge in [-0.15, -0.1) is 0 Å². The van der Waals surface area contributed by atoms with Crippen molar-refractivity contribution in [2.75, 3.05) is 24.5 Å². The Bertz CT molecular complexity index is 685. The van der Waals surface area contributed by atoms with E-state index in [0.29, 0.717) is 6.04 Å². The lowest BCUT2D eigenvalue weighted by molar-refractivity contribution is 0.435. The van der Waals surface area contributed by atoms with E-state index in [9.17, 15) is 0 Å². The van der Waals surface area contributed by atoms with E-state index in [1.54, 1.807) is 18.0 Å². The summed E-state index contributed by atoms with van der Waals surface area (Å²) in [5.41, 5.74) is 2.83. The third-order valence-electron chi connectivity index (χ3n) is 4.48. The number of hydrogen-bond acceptors (Lipinski definition) is 5. The molecule has 2 aromatic rings. The molecule has 2 aliphatic heterocycles. The first-order valence-electron chi connectivity index (χ1n) is 8.37. The summed E-state index contributed by atoms with van der Waals surface area (Å²) in [6.07, 6.45) is 6.97. The molecule has 1 aromatic carbocycles. The van der Waals surface area contributed by atoms with Gasteiger partial charge in [-0.1, -0.05) is 17.8 Å². The molecule has 3 heterocycles. The number of rotatable bonds is 3. The summed E-state index contributed by atoms with van der Waals surface area (Å²) < 4.78 is 7.44. The lowest BCUT2D eigenvalue weighted by Crippen LogP contribution is -2.42. The van der Waals surface area contributed by atoms with Crippen LogP contribution in [0.3, 0.4) is 0 Å². The van der Waals surface area contributed by atoms with Crippen LogP contribution in [0, 0.1) is 0 Å². The molecule has 114 valence electrons. The van der Waals surface area contributed by atoms with E-state index in [2.05, 4.69) is 38.4 Å². The summed E-state index contributed by atoms with van der Waals surface area (Å²) in [6, 6.07) is 7.24. The van der Waals surface area contributed by atoms with Gasteiger partial charge in [0.05, 0.1) is 7.57 Å². The summed E-state index contributed by atoms with van der Waals surface area (Å²) in [7, 11) is 0. The molecule has 0 saturated carbocycles. The van der Waals surface area contributed by atoms with E-state index in [0.717, 1.165) is 31.1 Å². The molecule has 0 radical (unpaired) electrons. The van der Waals surface area contributed by atoms with E-state index < -0.39 is 0 Å². The molecular weight excluding hydrogens is 292 g/mol. The summed E-state index contributed by atoms with van der Waals surface area (Å²) in [6.45, 7) is 3.37. The molecular formula is C17H20N4S. The molecule has 1 aromatic heterocycles. The Hall–Kier alpha value is -1.59. The maximum Gasteiger partial charge on any atom is 0.119 e. The third-order valence-corrected chi connectivity index (χ3v) is 5.51. The van der Waals surface area contributed by atoms with Gasteiger partial charge in [0, 0.05) is 35.5 Å². The average molecular weight is 313 g/mol. The number of aromatic nitrogens is 2. The highest BCUT2D eigenvalue weighted by atomic mass is 32.2. The highest BCUT2D eigenvalue weighted by molar-refractivity contribution is 7.99. The van der Waals surface area contributed by atoms with Gasteiger partial charge in [-0.2, -0.15) is 0 Å². The van der Waals surface area contributed by atoms with Crippen molar-refractivity contribution in [3.05, 3.63) is 42.3 Å². The second kappa shape index (κ2) is 6.26. The number of nitrogens with zero attached hydrogens (tertiary/aromatic N) is 3. The minimum Gasteiger partial charge on any atom is -0.368 e. The maximum atomic E-state index is 7.44. The van der Waals surface area contributed by atoms with Crippen LogP contribution in [0.5, 0.6) is 0 Å². The van der Waals surface area contributed by atoms with E-state index in [1.807, 2.05) is 0 Å². The molecule has 0 spiro atoms. The molecule has 5 heteroatoms. The summed E-state index contributed by atoms with van der Waals surface area (Å²) >= 11 is 1.65. The molecule has 1 saturated heterocycles. The Morgan fingerprint density at radius 1 is 1.32 bits per heavy atom. The Morgan fingerprint density at radius 3 is 3.05 bits per heavy atom. The van der Waals surface area contributed by atoms with E-state index in [4.69, 9.17) is 1.37 Å². The van der Waals surface area contributed by atoms with Gasteiger partial charge >= 0.3 is 0 Å². The monoisotopic (exact) mass is 313 g/mol. The molecule has 0 amide bonds. The molecule has 0 aliphatic carbocycles. The topological polar surface area (TPSA) is 41.1 Å². The van der Waals surface area contributed by atoms with E-state index >= 15 is 0 Å². The summed E-state index contributed by atoms with van der Waals surface area (Å²) in [4.78, 5) is 12.2. The third kappa shape index (κ3) is 2.71. The van der Waals surface area contributed by atoms with Gasteiger partial charge in [0.25, 0.3) is 0 Å². The average Bonchev–Trinajstić information content (AvgIpc) is 3.03.